The summed E-state index contributed by atoms with van der Waals surface area (Å²) in [6, 6.07) is 5.98. The number of aryl methyl sites for hydroxylation is 1. The third kappa shape index (κ3) is 5.64. The van der Waals surface area contributed by atoms with Crippen LogP contribution in [0.25, 0.3) is 0 Å². The van der Waals surface area contributed by atoms with Gasteiger partial charge in [0, 0.05) is 11.7 Å². The van der Waals surface area contributed by atoms with Crippen molar-refractivity contribution in [1.29, 1.82) is 0 Å². The van der Waals surface area contributed by atoms with E-state index in [-0.39, 0.29) is 35.5 Å². The molecular weight excluding hydrogens is 443 g/mol. The number of benzene rings is 1. The van der Waals surface area contributed by atoms with Gasteiger partial charge in [-0.2, -0.15) is 4.98 Å². The van der Waals surface area contributed by atoms with Crippen LogP contribution in [0.4, 0.5) is 21.8 Å². The number of nitrogens with two attached hydrogens (primary N) is 1. The van der Waals surface area contributed by atoms with Gasteiger partial charge in [0.15, 0.2) is 11.6 Å². The Kier molecular flexibility index (Phi) is 8.00. The lowest BCUT2D eigenvalue weighted by molar-refractivity contribution is -0.122. The number of fused-ring (bicyclic) bond motifs is 2. The minimum absolute atomic E-state index is 0.0860. The van der Waals surface area contributed by atoms with Crippen LogP contribution in [0.5, 0.6) is 0 Å². The quantitative estimate of drug-likeness (QED) is 0.440. The Balaban J connectivity index is 0.00000141. The number of allylic oxidation sites excluding steroid dienone is 1. The van der Waals surface area contributed by atoms with E-state index in [4.69, 9.17) is 5.73 Å². The Morgan fingerprint density at radius 3 is 2.77 bits per heavy atom. The molecule has 5 atom stereocenters. The zero-order valence-electron chi connectivity index (χ0n) is 20.9. The Morgan fingerprint density at radius 2 is 2.06 bits per heavy atom. The first-order chi connectivity index (χ1) is 17.0. The van der Waals surface area contributed by atoms with E-state index in [1.807, 2.05) is 26.0 Å². The van der Waals surface area contributed by atoms with Crippen molar-refractivity contribution in [3.63, 3.8) is 0 Å². The van der Waals surface area contributed by atoms with E-state index in [0.717, 1.165) is 37.8 Å². The van der Waals surface area contributed by atoms with Crippen LogP contribution in [0.2, 0.25) is 0 Å². The first-order valence-corrected chi connectivity index (χ1v) is 12.8. The maximum absolute atomic E-state index is 14.5. The molecule has 2 fully saturated rings. The van der Waals surface area contributed by atoms with Crippen LogP contribution in [-0.4, -0.2) is 35.0 Å². The van der Waals surface area contributed by atoms with Crippen LogP contribution in [0.3, 0.4) is 0 Å². The predicted molar refractivity (Wildman–Crippen MR) is 138 cm³/mol. The van der Waals surface area contributed by atoms with E-state index in [1.165, 1.54) is 24.0 Å². The standard InChI is InChI=1S/C25H31FN6O.C2H6/c1-14-9-19(7-6-16(14)10-15-3-2-8-28-12-15)30-25-29-13-20(26)24(32-25)31-22-18-5-4-17(11-18)21(22)23(27)33;1-2/h4-7,9,13,15,17-18,21-22,28H,2-3,8,10-12H2,1H3,(H2,27,33)(H2,29,30,31,32);1-2H3. The number of halogens is 1. The van der Waals surface area contributed by atoms with Gasteiger partial charge in [-0.3, -0.25) is 4.79 Å². The molecular formula is C27H37FN6O. The number of carbonyl (C=O) groups excluding carboxylic acids is 1. The summed E-state index contributed by atoms with van der Waals surface area (Å²) in [5.41, 5.74) is 9.04. The highest BCUT2D eigenvalue weighted by molar-refractivity contribution is 5.79. The normalized spacial score (nSPS) is 26.7. The molecule has 188 valence electrons. The highest BCUT2D eigenvalue weighted by Crippen LogP contribution is 2.44. The summed E-state index contributed by atoms with van der Waals surface area (Å²) in [4.78, 5) is 20.4. The number of rotatable bonds is 7. The molecule has 5 unspecified atom stereocenters. The average Bonchev–Trinajstić information content (AvgIpc) is 3.47. The largest absolute Gasteiger partial charge is 0.369 e. The highest BCUT2D eigenvalue weighted by Gasteiger charge is 2.47. The van der Waals surface area contributed by atoms with Gasteiger partial charge in [-0.1, -0.05) is 32.1 Å². The summed E-state index contributed by atoms with van der Waals surface area (Å²) >= 11 is 0. The fourth-order valence-electron chi connectivity index (χ4n) is 5.63. The number of nitrogens with zero attached hydrogens (tertiary/aromatic N) is 2. The van der Waals surface area contributed by atoms with Crippen molar-refractivity contribution in [2.24, 2.45) is 29.4 Å². The SMILES string of the molecule is CC.Cc1cc(Nc2ncc(F)c(NC3C4C=CC(C4)C3C(N)=O)n2)ccc1CC1CCCNC1. The molecule has 1 aromatic heterocycles. The van der Waals surface area contributed by atoms with E-state index in [2.05, 4.69) is 51.1 Å². The minimum Gasteiger partial charge on any atom is -0.369 e. The Hall–Kier alpha value is -3.00. The van der Waals surface area contributed by atoms with Crippen molar-refractivity contribution < 1.29 is 9.18 Å². The maximum Gasteiger partial charge on any atom is 0.229 e. The molecule has 0 radical (unpaired) electrons. The molecule has 1 aromatic carbocycles. The van der Waals surface area contributed by atoms with Gasteiger partial charge in [-0.25, -0.2) is 9.37 Å². The lowest BCUT2D eigenvalue weighted by Crippen LogP contribution is -2.41. The van der Waals surface area contributed by atoms with E-state index in [1.54, 1.807) is 0 Å². The summed E-state index contributed by atoms with van der Waals surface area (Å²) in [5, 5.41) is 9.81. The van der Waals surface area contributed by atoms with Crippen LogP contribution in [-0.2, 0) is 11.2 Å². The minimum atomic E-state index is -0.553. The van der Waals surface area contributed by atoms with Gasteiger partial charge in [0.1, 0.15) is 0 Å². The van der Waals surface area contributed by atoms with Crippen LogP contribution in [0.1, 0.15) is 44.2 Å². The Labute approximate surface area is 207 Å². The Morgan fingerprint density at radius 1 is 1.26 bits per heavy atom. The molecule has 3 aliphatic rings. The number of aromatic nitrogens is 2. The second-order valence-electron chi connectivity index (χ2n) is 9.62. The first-order valence-electron chi connectivity index (χ1n) is 12.8. The molecule has 2 aromatic rings. The van der Waals surface area contributed by atoms with Crippen molar-refractivity contribution in [2.45, 2.75) is 52.5 Å². The second-order valence-corrected chi connectivity index (χ2v) is 9.62. The number of piperidine rings is 1. The number of amides is 1. The van der Waals surface area contributed by atoms with E-state index in [9.17, 15) is 9.18 Å². The molecule has 2 heterocycles. The Bertz CT molecular complexity index is 1070. The summed E-state index contributed by atoms with van der Waals surface area (Å²) in [5.74, 6) is 0.0429. The fourth-order valence-corrected chi connectivity index (χ4v) is 5.63. The zero-order valence-corrected chi connectivity index (χ0v) is 20.9. The highest BCUT2D eigenvalue weighted by atomic mass is 19.1. The van der Waals surface area contributed by atoms with Gasteiger partial charge >= 0.3 is 0 Å². The van der Waals surface area contributed by atoms with Crippen molar-refractivity contribution in [1.82, 2.24) is 15.3 Å². The molecule has 5 N–H and O–H groups in total. The average molecular weight is 481 g/mol. The predicted octanol–water partition coefficient (Wildman–Crippen LogP) is 4.32. The van der Waals surface area contributed by atoms with E-state index < -0.39 is 5.82 Å². The van der Waals surface area contributed by atoms with Crippen molar-refractivity contribution in [2.75, 3.05) is 23.7 Å². The van der Waals surface area contributed by atoms with Gasteiger partial charge in [-0.15, -0.1) is 0 Å². The number of carbonyl (C=O) groups is 1. The summed E-state index contributed by atoms with van der Waals surface area (Å²) in [6.45, 7) is 8.31. The molecule has 35 heavy (non-hydrogen) atoms. The van der Waals surface area contributed by atoms with Crippen LogP contribution >= 0.6 is 0 Å². The monoisotopic (exact) mass is 480 g/mol. The van der Waals surface area contributed by atoms with Crippen LogP contribution in [0.15, 0.2) is 36.5 Å². The molecule has 5 rings (SSSR count). The molecule has 1 saturated heterocycles. The number of anilines is 3. The maximum atomic E-state index is 14.5. The van der Waals surface area contributed by atoms with Gasteiger partial charge in [0.2, 0.25) is 11.9 Å². The summed E-state index contributed by atoms with van der Waals surface area (Å²) in [7, 11) is 0. The lowest BCUT2D eigenvalue weighted by Gasteiger charge is -2.27. The van der Waals surface area contributed by atoms with Gasteiger partial charge in [0.25, 0.3) is 0 Å². The third-order valence-corrected chi connectivity index (χ3v) is 7.34. The number of hydrogen-bond donors (Lipinski definition) is 4. The van der Waals surface area contributed by atoms with Crippen molar-refractivity contribution in [3.8, 4) is 0 Å². The van der Waals surface area contributed by atoms with Gasteiger partial charge in [0.05, 0.1) is 12.1 Å². The van der Waals surface area contributed by atoms with E-state index >= 15 is 0 Å². The number of nitrogens with one attached hydrogen (secondary N) is 3. The summed E-state index contributed by atoms with van der Waals surface area (Å²) in [6.07, 6.45) is 9.69. The smallest absolute Gasteiger partial charge is 0.229 e. The van der Waals surface area contributed by atoms with Gasteiger partial charge < -0.3 is 21.7 Å². The second kappa shape index (κ2) is 11.2. The molecule has 2 aliphatic carbocycles. The number of hydrogen-bond acceptors (Lipinski definition) is 6. The molecule has 1 saturated carbocycles. The van der Waals surface area contributed by atoms with Crippen molar-refractivity contribution >= 4 is 23.4 Å². The molecule has 1 amide bonds. The molecule has 8 heteroatoms. The molecule has 0 spiro atoms. The number of primary amides is 1. The van der Waals surface area contributed by atoms with Crippen molar-refractivity contribution in [3.05, 3.63) is 53.5 Å². The lowest BCUT2D eigenvalue weighted by atomic mass is 9.88. The van der Waals surface area contributed by atoms with Crippen LogP contribution < -0.4 is 21.7 Å². The summed E-state index contributed by atoms with van der Waals surface area (Å²) < 4.78 is 14.5. The molecule has 1 aliphatic heterocycles. The van der Waals surface area contributed by atoms with E-state index in [0.29, 0.717) is 11.9 Å². The fraction of sp³-hybridized carbons (Fsp3) is 0.519. The van der Waals surface area contributed by atoms with Crippen LogP contribution in [0, 0.1) is 36.4 Å². The topological polar surface area (TPSA) is 105 Å². The van der Waals surface area contributed by atoms with Gasteiger partial charge in [-0.05, 0) is 86.7 Å². The third-order valence-electron chi connectivity index (χ3n) is 7.34. The first kappa shape index (κ1) is 25.1. The zero-order chi connectivity index (χ0) is 24.9. The molecule has 7 nitrogen and oxygen atoms in total. The molecule has 2 bridgehead atoms.